The Morgan fingerprint density at radius 1 is 1.36 bits per heavy atom. The number of nitrogens with zero attached hydrogens (tertiary/aromatic N) is 1. The van der Waals surface area contributed by atoms with Crippen LogP contribution in [0.25, 0.3) is 0 Å². The largest absolute Gasteiger partial charge is 0.496 e. The molecule has 0 unspecified atom stereocenters. The fraction of sp³-hybridized carbons (Fsp3) is 0.500. The normalized spacial score (nSPS) is 22.7. The molecule has 1 aromatic carbocycles. The summed E-state index contributed by atoms with van der Waals surface area (Å²) >= 11 is 0. The van der Waals surface area contributed by atoms with Gasteiger partial charge in [0.25, 0.3) is 5.91 Å². The van der Waals surface area contributed by atoms with Gasteiger partial charge in [0.05, 0.1) is 7.11 Å². The summed E-state index contributed by atoms with van der Waals surface area (Å²) in [6.45, 7) is 1.89. The van der Waals surface area contributed by atoms with E-state index in [4.69, 9.17) is 4.74 Å². The molecule has 0 spiro atoms. The van der Waals surface area contributed by atoms with Crippen LogP contribution in [-0.2, 0) is 16.0 Å². The van der Waals surface area contributed by atoms with Crippen LogP contribution in [0, 0.1) is 5.92 Å². The van der Waals surface area contributed by atoms with E-state index in [1.165, 1.54) is 0 Å². The van der Waals surface area contributed by atoms with Crippen molar-refractivity contribution in [3.05, 3.63) is 29.8 Å². The molecule has 0 aromatic heterocycles. The number of carbonyl (C=O) groups is 3. The molecular formula is C18H23N3O4. The number of rotatable bonds is 7. The van der Waals surface area contributed by atoms with Gasteiger partial charge in [0, 0.05) is 6.54 Å². The number of hydrogen-bond acceptors (Lipinski definition) is 4. The van der Waals surface area contributed by atoms with Crippen LogP contribution in [0.4, 0.5) is 4.79 Å². The van der Waals surface area contributed by atoms with Crippen molar-refractivity contribution >= 4 is 17.8 Å². The summed E-state index contributed by atoms with van der Waals surface area (Å²) in [5.41, 5.74) is 0.135. The summed E-state index contributed by atoms with van der Waals surface area (Å²) in [5, 5.41) is 5.49. The lowest BCUT2D eigenvalue weighted by Gasteiger charge is -2.20. The first kappa shape index (κ1) is 17.3. The van der Waals surface area contributed by atoms with Crippen LogP contribution in [0.1, 0.15) is 25.3 Å². The van der Waals surface area contributed by atoms with Gasteiger partial charge in [0.15, 0.2) is 0 Å². The number of methoxy groups -OCH3 is 1. The van der Waals surface area contributed by atoms with Crippen molar-refractivity contribution < 1.29 is 19.1 Å². The molecule has 2 fully saturated rings. The highest BCUT2D eigenvalue weighted by Gasteiger charge is 2.56. The van der Waals surface area contributed by atoms with E-state index in [9.17, 15) is 14.4 Å². The Bertz CT molecular complexity index is 701. The summed E-state index contributed by atoms with van der Waals surface area (Å²) in [5.74, 6) is 0.298. The number of carbonyl (C=O) groups excluding carboxylic acids is 3. The lowest BCUT2D eigenvalue weighted by Crippen LogP contribution is -2.47. The molecule has 2 aliphatic rings. The molecular weight excluding hydrogens is 322 g/mol. The van der Waals surface area contributed by atoms with Crippen molar-refractivity contribution in [2.24, 2.45) is 5.92 Å². The third-order valence-electron chi connectivity index (χ3n) is 4.91. The second-order valence-electron chi connectivity index (χ2n) is 6.71. The molecule has 1 aliphatic carbocycles. The lowest BCUT2D eigenvalue weighted by molar-refractivity contribution is -0.135. The third kappa shape index (κ3) is 3.45. The van der Waals surface area contributed by atoms with Crippen LogP contribution in [-0.4, -0.2) is 48.5 Å². The molecule has 2 N–H and O–H groups in total. The van der Waals surface area contributed by atoms with Gasteiger partial charge in [-0.3, -0.25) is 14.5 Å². The third-order valence-corrected chi connectivity index (χ3v) is 4.91. The van der Waals surface area contributed by atoms with Crippen molar-refractivity contribution in [2.75, 3.05) is 20.2 Å². The number of urea groups is 1. The van der Waals surface area contributed by atoms with Gasteiger partial charge in [-0.05, 0) is 43.7 Å². The zero-order valence-corrected chi connectivity index (χ0v) is 14.5. The molecule has 0 radical (unpaired) electrons. The van der Waals surface area contributed by atoms with Crippen LogP contribution < -0.4 is 15.4 Å². The van der Waals surface area contributed by atoms with Crippen molar-refractivity contribution in [1.82, 2.24) is 15.5 Å². The Hall–Kier alpha value is -2.57. The molecule has 1 aromatic rings. The van der Waals surface area contributed by atoms with Crippen LogP contribution in [0.15, 0.2) is 24.3 Å². The van der Waals surface area contributed by atoms with Gasteiger partial charge in [-0.25, -0.2) is 4.79 Å². The quantitative estimate of drug-likeness (QED) is 0.724. The number of imide groups is 1. The molecule has 7 nitrogen and oxygen atoms in total. The maximum absolute atomic E-state index is 12.5. The SMILES string of the molecule is COc1ccccc1CCNC(=O)CN1C(=O)N[C@@](C)(C2CC2)C1=O. The zero-order chi connectivity index (χ0) is 18.0. The smallest absolute Gasteiger partial charge is 0.325 e. The van der Waals surface area contributed by atoms with E-state index in [0.717, 1.165) is 29.1 Å². The molecule has 7 heteroatoms. The minimum Gasteiger partial charge on any atom is -0.496 e. The molecule has 1 heterocycles. The lowest BCUT2D eigenvalue weighted by atomic mass is 9.96. The van der Waals surface area contributed by atoms with Gasteiger partial charge in [0.1, 0.15) is 17.8 Å². The van der Waals surface area contributed by atoms with Crippen LogP contribution >= 0.6 is 0 Å². The summed E-state index contributed by atoms with van der Waals surface area (Å²) in [4.78, 5) is 37.6. The zero-order valence-electron chi connectivity index (χ0n) is 14.5. The molecule has 4 amide bonds. The molecule has 1 saturated carbocycles. The van der Waals surface area contributed by atoms with Crippen LogP contribution in [0.2, 0.25) is 0 Å². The average molecular weight is 345 g/mol. The average Bonchev–Trinajstić information content (AvgIpc) is 3.41. The van der Waals surface area contributed by atoms with E-state index < -0.39 is 11.6 Å². The fourth-order valence-electron chi connectivity index (χ4n) is 3.24. The Balaban J connectivity index is 1.51. The summed E-state index contributed by atoms with van der Waals surface area (Å²) in [7, 11) is 1.60. The number of benzene rings is 1. The van der Waals surface area contributed by atoms with Crippen molar-refractivity contribution in [1.29, 1.82) is 0 Å². The summed E-state index contributed by atoms with van der Waals surface area (Å²) < 4.78 is 5.27. The second-order valence-corrected chi connectivity index (χ2v) is 6.71. The van der Waals surface area contributed by atoms with Gasteiger partial charge in [-0.15, -0.1) is 0 Å². The number of para-hydroxylation sites is 1. The fourth-order valence-corrected chi connectivity index (χ4v) is 3.24. The van der Waals surface area contributed by atoms with E-state index in [-0.39, 0.29) is 24.3 Å². The predicted octanol–water partition coefficient (Wildman–Crippen LogP) is 1.07. The monoisotopic (exact) mass is 345 g/mol. The van der Waals surface area contributed by atoms with Crippen molar-refractivity contribution in [3.8, 4) is 5.75 Å². The van der Waals surface area contributed by atoms with E-state index >= 15 is 0 Å². The molecule has 3 rings (SSSR count). The molecule has 1 saturated heterocycles. The minimum absolute atomic E-state index is 0.183. The predicted molar refractivity (Wildman–Crippen MR) is 91.1 cm³/mol. The van der Waals surface area contributed by atoms with Gasteiger partial charge in [-0.2, -0.15) is 0 Å². The van der Waals surface area contributed by atoms with Gasteiger partial charge < -0.3 is 15.4 Å². The molecule has 0 bridgehead atoms. The first-order valence-electron chi connectivity index (χ1n) is 8.48. The van der Waals surface area contributed by atoms with E-state index in [1.54, 1.807) is 14.0 Å². The Morgan fingerprint density at radius 2 is 2.08 bits per heavy atom. The number of nitrogens with one attached hydrogen (secondary N) is 2. The van der Waals surface area contributed by atoms with Crippen molar-refractivity contribution in [2.45, 2.75) is 31.7 Å². The highest BCUT2D eigenvalue weighted by Crippen LogP contribution is 2.42. The van der Waals surface area contributed by atoms with E-state index in [2.05, 4.69) is 10.6 Å². The maximum Gasteiger partial charge on any atom is 0.325 e. The van der Waals surface area contributed by atoms with Crippen molar-refractivity contribution in [3.63, 3.8) is 0 Å². The first-order valence-corrected chi connectivity index (χ1v) is 8.48. The Labute approximate surface area is 146 Å². The highest BCUT2D eigenvalue weighted by molar-refractivity contribution is 6.09. The Morgan fingerprint density at radius 3 is 2.76 bits per heavy atom. The first-order chi connectivity index (χ1) is 12.0. The number of ether oxygens (including phenoxy) is 1. The summed E-state index contributed by atoms with van der Waals surface area (Å²) in [6.07, 6.45) is 2.47. The van der Waals surface area contributed by atoms with E-state index in [0.29, 0.717) is 13.0 Å². The maximum atomic E-state index is 12.5. The Kier molecular flexibility index (Phi) is 4.65. The van der Waals surface area contributed by atoms with E-state index in [1.807, 2.05) is 24.3 Å². The molecule has 134 valence electrons. The van der Waals surface area contributed by atoms with Gasteiger partial charge in [-0.1, -0.05) is 18.2 Å². The second kappa shape index (κ2) is 6.74. The minimum atomic E-state index is -0.852. The number of amides is 4. The van der Waals surface area contributed by atoms with Crippen LogP contribution in [0.5, 0.6) is 5.75 Å². The molecule has 25 heavy (non-hydrogen) atoms. The topological polar surface area (TPSA) is 87.7 Å². The van der Waals surface area contributed by atoms with Gasteiger partial charge >= 0.3 is 6.03 Å². The summed E-state index contributed by atoms with van der Waals surface area (Å²) in [6, 6.07) is 7.10. The van der Waals surface area contributed by atoms with Crippen LogP contribution in [0.3, 0.4) is 0 Å². The standard InChI is InChI=1S/C18H23N3O4/c1-18(13-7-8-13)16(23)21(17(24)20-18)11-15(22)19-10-9-12-5-3-4-6-14(12)25-2/h3-6,13H,7-11H2,1-2H3,(H,19,22)(H,20,24)/t18-/m0/s1. The highest BCUT2D eigenvalue weighted by atomic mass is 16.5. The number of hydrogen-bond donors (Lipinski definition) is 2. The molecule has 1 aliphatic heterocycles. The van der Waals surface area contributed by atoms with Gasteiger partial charge in [0.2, 0.25) is 5.91 Å². The molecule has 1 atom stereocenters.